The van der Waals surface area contributed by atoms with Crippen LogP contribution in [0.3, 0.4) is 0 Å². The Morgan fingerprint density at radius 1 is 0.974 bits per heavy atom. The summed E-state index contributed by atoms with van der Waals surface area (Å²) in [6.07, 6.45) is 5.23. The van der Waals surface area contributed by atoms with Crippen molar-refractivity contribution >= 4 is 28.8 Å². The van der Waals surface area contributed by atoms with E-state index in [1.165, 1.54) is 23.6 Å². The summed E-state index contributed by atoms with van der Waals surface area (Å²) in [5.74, 6) is 0.0348. The number of aliphatic hydroxyl groups excluding tert-OH is 2. The molecule has 0 aromatic heterocycles. The third kappa shape index (κ3) is 5.55. The van der Waals surface area contributed by atoms with Gasteiger partial charge in [0.2, 0.25) is 5.91 Å². The lowest BCUT2D eigenvalue weighted by Crippen LogP contribution is -2.39. The van der Waals surface area contributed by atoms with Crippen LogP contribution in [-0.4, -0.2) is 35.4 Å². The average Bonchev–Trinajstić information content (AvgIpc) is 3.30. The van der Waals surface area contributed by atoms with E-state index in [1.807, 2.05) is 48.5 Å². The van der Waals surface area contributed by atoms with Crippen molar-refractivity contribution < 1.29 is 19.4 Å². The van der Waals surface area contributed by atoms with Crippen LogP contribution in [0.15, 0.2) is 78.9 Å². The van der Waals surface area contributed by atoms with E-state index < -0.39 is 12.3 Å². The number of fused-ring (bicyclic) bond motifs is 1. The van der Waals surface area contributed by atoms with Gasteiger partial charge in [0.05, 0.1) is 24.9 Å². The molecule has 0 spiro atoms. The van der Waals surface area contributed by atoms with Crippen molar-refractivity contribution in [3.63, 3.8) is 0 Å². The third-order valence-corrected chi connectivity index (χ3v) is 7.23. The van der Waals surface area contributed by atoms with Gasteiger partial charge in [0, 0.05) is 11.6 Å². The summed E-state index contributed by atoms with van der Waals surface area (Å²) in [6.45, 7) is -0.662. The molecule has 5 rings (SSSR count). The maximum absolute atomic E-state index is 14.6. The van der Waals surface area contributed by atoms with E-state index in [9.17, 15) is 9.18 Å². The van der Waals surface area contributed by atoms with Crippen LogP contribution in [0.25, 0.3) is 17.2 Å². The molecule has 1 unspecified atom stereocenters. The number of alkyl halides is 1. The number of amides is 1. The summed E-state index contributed by atoms with van der Waals surface area (Å²) in [5, 5.41) is 20.9. The molecule has 1 aliphatic carbocycles. The quantitative estimate of drug-likeness (QED) is 0.161. The fourth-order valence-corrected chi connectivity index (χ4v) is 4.97. The van der Waals surface area contributed by atoms with E-state index in [0.29, 0.717) is 11.5 Å². The Kier molecular flexibility index (Phi) is 7.98. The van der Waals surface area contributed by atoms with Crippen molar-refractivity contribution in [3.8, 4) is 0 Å². The number of aliphatic hydroxyl groups is 2. The van der Waals surface area contributed by atoms with Crippen molar-refractivity contribution in [1.82, 2.24) is 10.7 Å². The Hall–Kier alpha value is -3.78. The zero-order valence-corrected chi connectivity index (χ0v) is 21.0. The number of allylic oxidation sites excluding steroid dienone is 1. The number of carbonyl (C=O) groups excluding carboxylic acids is 1. The van der Waals surface area contributed by atoms with Crippen LogP contribution in [0.5, 0.6) is 0 Å². The van der Waals surface area contributed by atoms with Crippen LogP contribution >= 0.6 is 0 Å². The van der Waals surface area contributed by atoms with Crippen LogP contribution in [-0.2, 0) is 4.79 Å². The first-order valence-corrected chi connectivity index (χ1v) is 13.0. The molecule has 0 saturated heterocycles. The Bertz CT molecular complexity index is 1330. The molecule has 7 heteroatoms. The van der Waals surface area contributed by atoms with Gasteiger partial charge in [-0.3, -0.25) is 4.79 Å². The van der Waals surface area contributed by atoms with Crippen LogP contribution in [0.1, 0.15) is 53.4 Å². The SMILES string of the molecule is O=C(/C=C/c1ccc(/C(=C(\c2ccccc2)C2CCC2)c2ccc3c(c2)C(F)NN3)cc1)NC(CO)CO. The predicted octanol–water partition coefficient (Wildman–Crippen LogP) is 4.83. The predicted molar refractivity (Wildman–Crippen MR) is 148 cm³/mol. The molecule has 6 nitrogen and oxygen atoms in total. The van der Waals surface area contributed by atoms with Gasteiger partial charge in [-0.2, -0.15) is 0 Å². The minimum Gasteiger partial charge on any atom is -0.394 e. The van der Waals surface area contributed by atoms with Crippen LogP contribution < -0.4 is 16.2 Å². The van der Waals surface area contributed by atoms with E-state index in [1.54, 1.807) is 6.08 Å². The molecule has 1 amide bonds. The number of hydrazine groups is 1. The van der Waals surface area contributed by atoms with Gasteiger partial charge >= 0.3 is 0 Å². The van der Waals surface area contributed by atoms with Crippen molar-refractivity contribution in [2.75, 3.05) is 18.6 Å². The molecular weight excluding hydrogens is 481 g/mol. The molecule has 1 atom stereocenters. The molecule has 1 saturated carbocycles. The van der Waals surface area contributed by atoms with Gasteiger partial charge in [-0.15, -0.1) is 0 Å². The van der Waals surface area contributed by atoms with Crippen LogP contribution in [0.4, 0.5) is 10.1 Å². The lowest BCUT2D eigenvalue weighted by molar-refractivity contribution is -0.117. The van der Waals surface area contributed by atoms with E-state index in [-0.39, 0.29) is 19.1 Å². The molecule has 1 aliphatic heterocycles. The molecule has 38 heavy (non-hydrogen) atoms. The van der Waals surface area contributed by atoms with E-state index in [0.717, 1.165) is 40.8 Å². The second-order valence-corrected chi connectivity index (χ2v) is 9.74. The average molecular weight is 514 g/mol. The molecule has 0 bridgehead atoms. The summed E-state index contributed by atoms with van der Waals surface area (Å²) in [5.41, 5.74) is 13.2. The van der Waals surface area contributed by atoms with Gasteiger partial charge in [-0.1, -0.05) is 67.1 Å². The standard InChI is InChI=1S/C31H32FN3O3/c32-31-26-17-24(14-15-27(26)34-35-31)30(29(22-7-4-8-22)21-5-2-1-3-6-21)23-12-9-20(10-13-23)11-16-28(38)33-25(18-36)19-37/h1-3,5-6,9-17,22,25,31,34-37H,4,7-8,18-19H2,(H,33,38)/b16-11+,30-29-. The van der Waals surface area contributed by atoms with E-state index >= 15 is 0 Å². The Labute approximate surface area is 221 Å². The lowest BCUT2D eigenvalue weighted by Gasteiger charge is -2.31. The molecule has 3 aromatic carbocycles. The lowest BCUT2D eigenvalue weighted by atomic mass is 9.73. The van der Waals surface area contributed by atoms with Crippen molar-refractivity contribution in [1.29, 1.82) is 0 Å². The van der Waals surface area contributed by atoms with Crippen LogP contribution in [0, 0.1) is 5.92 Å². The van der Waals surface area contributed by atoms with Gasteiger partial charge in [0.1, 0.15) is 0 Å². The third-order valence-electron chi connectivity index (χ3n) is 7.23. The Balaban J connectivity index is 1.54. The number of hydrogen-bond acceptors (Lipinski definition) is 5. The number of anilines is 1. The number of rotatable bonds is 9. The van der Waals surface area contributed by atoms with Crippen molar-refractivity contribution in [2.45, 2.75) is 31.6 Å². The topological polar surface area (TPSA) is 93.6 Å². The number of halogens is 1. The maximum atomic E-state index is 14.6. The monoisotopic (exact) mass is 513 g/mol. The normalized spacial score (nSPS) is 17.6. The zero-order valence-electron chi connectivity index (χ0n) is 21.0. The molecule has 3 aromatic rings. The first-order valence-electron chi connectivity index (χ1n) is 13.0. The molecule has 0 radical (unpaired) electrons. The molecule has 196 valence electrons. The zero-order chi connectivity index (χ0) is 26.5. The highest BCUT2D eigenvalue weighted by Crippen LogP contribution is 2.46. The summed E-state index contributed by atoms with van der Waals surface area (Å²) >= 11 is 0. The maximum Gasteiger partial charge on any atom is 0.244 e. The minimum absolute atomic E-state index is 0.331. The molecule has 5 N–H and O–H groups in total. The Morgan fingerprint density at radius 2 is 1.68 bits per heavy atom. The number of nitrogens with one attached hydrogen (secondary N) is 3. The van der Waals surface area contributed by atoms with Gasteiger partial charge < -0.3 is 21.0 Å². The molecule has 1 fully saturated rings. The Morgan fingerprint density at radius 3 is 2.34 bits per heavy atom. The number of benzene rings is 3. The van der Waals surface area contributed by atoms with Gasteiger partial charge in [-0.05, 0) is 70.4 Å². The molecule has 1 heterocycles. The fraction of sp³-hybridized carbons (Fsp3) is 0.258. The number of hydrogen-bond donors (Lipinski definition) is 5. The smallest absolute Gasteiger partial charge is 0.244 e. The second kappa shape index (κ2) is 11.7. The first kappa shape index (κ1) is 25.9. The highest BCUT2D eigenvalue weighted by atomic mass is 19.1. The van der Waals surface area contributed by atoms with Crippen LogP contribution in [0.2, 0.25) is 0 Å². The second-order valence-electron chi connectivity index (χ2n) is 9.74. The van der Waals surface area contributed by atoms with Gasteiger partial charge in [-0.25, -0.2) is 9.82 Å². The largest absolute Gasteiger partial charge is 0.394 e. The number of carbonyl (C=O) groups is 1. The van der Waals surface area contributed by atoms with E-state index in [2.05, 4.69) is 40.4 Å². The fourth-order valence-electron chi connectivity index (χ4n) is 4.97. The van der Waals surface area contributed by atoms with Gasteiger partial charge in [0.25, 0.3) is 0 Å². The first-order chi connectivity index (χ1) is 18.6. The summed E-state index contributed by atoms with van der Waals surface area (Å²) < 4.78 is 14.6. The highest BCUT2D eigenvalue weighted by Gasteiger charge is 2.28. The summed E-state index contributed by atoms with van der Waals surface area (Å²) in [6, 6.07) is 23.6. The minimum atomic E-state index is -1.27. The van der Waals surface area contributed by atoms with Crippen molar-refractivity contribution in [2.24, 2.45) is 5.92 Å². The highest BCUT2D eigenvalue weighted by molar-refractivity contribution is 6.00. The molecule has 2 aliphatic rings. The summed E-state index contributed by atoms with van der Waals surface area (Å²) in [7, 11) is 0. The molecular formula is C31H32FN3O3. The van der Waals surface area contributed by atoms with E-state index in [4.69, 9.17) is 10.2 Å². The van der Waals surface area contributed by atoms with Crippen molar-refractivity contribution in [3.05, 3.63) is 107 Å². The summed E-state index contributed by atoms with van der Waals surface area (Å²) in [4.78, 5) is 12.1. The van der Waals surface area contributed by atoms with Gasteiger partial charge in [0.15, 0.2) is 6.30 Å².